The molecule has 1 saturated heterocycles. The Hall–Kier alpha value is -0.950. The molecule has 0 saturated carbocycles. The minimum atomic E-state index is -0.405. The zero-order chi connectivity index (χ0) is 12.1. The van der Waals surface area contributed by atoms with E-state index in [1.54, 1.807) is 12.3 Å². The Labute approximate surface area is 108 Å². The Morgan fingerprint density at radius 3 is 3.18 bits per heavy atom. The Morgan fingerprint density at radius 1 is 1.59 bits per heavy atom. The Kier molecular flexibility index (Phi) is 4.49. The van der Waals surface area contributed by atoms with E-state index in [0.717, 1.165) is 18.1 Å². The van der Waals surface area contributed by atoms with Crippen LogP contribution in [0.3, 0.4) is 0 Å². The predicted molar refractivity (Wildman–Crippen MR) is 73.0 cm³/mol. The number of aromatic nitrogens is 1. The summed E-state index contributed by atoms with van der Waals surface area (Å²) in [6, 6.07) is 1.65. The summed E-state index contributed by atoms with van der Waals surface area (Å²) in [5.74, 6) is 3.47. The molecule has 0 bridgehead atoms. The second kappa shape index (κ2) is 6.11. The molecule has 1 aliphatic rings. The molecule has 0 radical (unpaired) electrons. The molecule has 7 heteroatoms. The van der Waals surface area contributed by atoms with Crippen LogP contribution in [0.25, 0.3) is 0 Å². The number of thioether (sulfide) groups is 2. The maximum absolute atomic E-state index is 10.8. The van der Waals surface area contributed by atoms with Crippen LogP contribution in [0.2, 0.25) is 0 Å². The van der Waals surface area contributed by atoms with Gasteiger partial charge in [0, 0.05) is 35.3 Å². The fourth-order valence-electron chi connectivity index (χ4n) is 1.56. The van der Waals surface area contributed by atoms with Crippen molar-refractivity contribution in [2.45, 2.75) is 5.25 Å². The molecule has 0 spiro atoms. The van der Waals surface area contributed by atoms with Gasteiger partial charge >= 0.3 is 5.69 Å². The molecule has 17 heavy (non-hydrogen) atoms. The summed E-state index contributed by atoms with van der Waals surface area (Å²) in [6.45, 7) is 0.766. The van der Waals surface area contributed by atoms with Crippen LogP contribution in [-0.4, -0.2) is 39.0 Å². The minimum absolute atomic E-state index is 0.0426. The maximum atomic E-state index is 10.8. The number of anilines is 1. The standard InChI is InChI=1S/C10H13N3O2S2/c14-13(15)10-6-11-2-1-9(10)12-5-8-7-16-3-4-17-8/h1-2,6,8H,3-5,7H2,(H,11,12). The summed E-state index contributed by atoms with van der Waals surface area (Å²) in [4.78, 5) is 14.2. The molecule has 1 aromatic heterocycles. The van der Waals surface area contributed by atoms with Gasteiger partial charge in [-0.2, -0.15) is 23.5 Å². The van der Waals surface area contributed by atoms with Crippen molar-refractivity contribution in [3.63, 3.8) is 0 Å². The lowest BCUT2D eigenvalue weighted by molar-refractivity contribution is -0.384. The summed E-state index contributed by atoms with van der Waals surface area (Å²) in [6.07, 6.45) is 2.85. The largest absolute Gasteiger partial charge is 0.378 e. The van der Waals surface area contributed by atoms with Gasteiger partial charge in [0.25, 0.3) is 0 Å². The van der Waals surface area contributed by atoms with Crippen molar-refractivity contribution < 1.29 is 4.92 Å². The van der Waals surface area contributed by atoms with Gasteiger partial charge in [0.15, 0.2) is 0 Å². The SMILES string of the molecule is O=[N+]([O-])c1cnccc1NCC1CSCCS1. The van der Waals surface area contributed by atoms with E-state index < -0.39 is 4.92 Å². The summed E-state index contributed by atoms with van der Waals surface area (Å²) in [7, 11) is 0. The van der Waals surface area contributed by atoms with Crippen LogP contribution in [0.15, 0.2) is 18.5 Å². The number of hydrogen-bond acceptors (Lipinski definition) is 6. The van der Waals surface area contributed by atoms with E-state index in [9.17, 15) is 10.1 Å². The molecule has 2 heterocycles. The molecule has 1 aromatic rings. The van der Waals surface area contributed by atoms with Crippen molar-refractivity contribution in [3.05, 3.63) is 28.6 Å². The molecule has 0 aliphatic carbocycles. The number of pyridine rings is 1. The topological polar surface area (TPSA) is 68.1 Å². The highest BCUT2D eigenvalue weighted by atomic mass is 32.2. The van der Waals surface area contributed by atoms with Crippen molar-refractivity contribution in [2.24, 2.45) is 0 Å². The average molecular weight is 271 g/mol. The Morgan fingerprint density at radius 2 is 2.47 bits per heavy atom. The van der Waals surface area contributed by atoms with Crippen LogP contribution in [0.5, 0.6) is 0 Å². The number of nitrogens with one attached hydrogen (secondary N) is 1. The first-order valence-electron chi connectivity index (χ1n) is 5.29. The molecular weight excluding hydrogens is 258 g/mol. The number of hydrogen-bond donors (Lipinski definition) is 1. The average Bonchev–Trinajstić information content (AvgIpc) is 2.38. The monoisotopic (exact) mass is 271 g/mol. The molecule has 1 N–H and O–H groups in total. The van der Waals surface area contributed by atoms with Gasteiger partial charge in [-0.05, 0) is 6.07 Å². The highest BCUT2D eigenvalue weighted by Gasteiger charge is 2.17. The predicted octanol–water partition coefficient (Wildman–Crippen LogP) is 2.25. The highest BCUT2D eigenvalue weighted by molar-refractivity contribution is 8.06. The smallest absolute Gasteiger partial charge is 0.310 e. The lowest BCUT2D eigenvalue weighted by atomic mass is 10.3. The van der Waals surface area contributed by atoms with Crippen LogP contribution in [0, 0.1) is 10.1 Å². The molecule has 2 rings (SSSR count). The van der Waals surface area contributed by atoms with Crippen LogP contribution in [0.1, 0.15) is 0 Å². The van der Waals surface area contributed by atoms with Crippen LogP contribution < -0.4 is 5.32 Å². The number of rotatable bonds is 4. The van der Waals surface area contributed by atoms with Crippen LogP contribution in [-0.2, 0) is 0 Å². The molecule has 1 fully saturated rings. The van der Waals surface area contributed by atoms with Crippen molar-refractivity contribution in [1.82, 2.24) is 4.98 Å². The van der Waals surface area contributed by atoms with E-state index in [1.807, 2.05) is 23.5 Å². The van der Waals surface area contributed by atoms with Gasteiger partial charge in [0.1, 0.15) is 11.9 Å². The van der Waals surface area contributed by atoms with Gasteiger partial charge in [0.05, 0.1) is 4.92 Å². The minimum Gasteiger partial charge on any atom is -0.378 e. The third-order valence-corrected chi connectivity index (χ3v) is 5.25. The van der Waals surface area contributed by atoms with Crippen molar-refractivity contribution in [1.29, 1.82) is 0 Å². The zero-order valence-electron chi connectivity index (χ0n) is 9.17. The van der Waals surface area contributed by atoms with E-state index in [4.69, 9.17) is 0 Å². The van der Waals surface area contributed by atoms with Gasteiger partial charge in [0.2, 0.25) is 0 Å². The normalized spacial score (nSPS) is 19.9. The summed E-state index contributed by atoms with van der Waals surface area (Å²) < 4.78 is 0. The van der Waals surface area contributed by atoms with Gasteiger partial charge in [-0.3, -0.25) is 15.1 Å². The zero-order valence-corrected chi connectivity index (χ0v) is 10.8. The van der Waals surface area contributed by atoms with Gasteiger partial charge in [-0.1, -0.05) is 0 Å². The molecule has 1 unspecified atom stereocenters. The lowest BCUT2D eigenvalue weighted by Crippen LogP contribution is -2.23. The second-order valence-electron chi connectivity index (χ2n) is 3.60. The van der Waals surface area contributed by atoms with Gasteiger partial charge < -0.3 is 5.32 Å². The molecule has 1 aliphatic heterocycles. The van der Waals surface area contributed by atoms with Crippen molar-refractivity contribution in [2.75, 3.05) is 29.1 Å². The Bertz CT molecular complexity index is 397. The molecular formula is C10H13N3O2S2. The second-order valence-corrected chi connectivity index (χ2v) is 6.16. The molecule has 92 valence electrons. The van der Waals surface area contributed by atoms with Gasteiger partial charge in [-0.25, -0.2) is 0 Å². The van der Waals surface area contributed by atoms with Crippen molar-refractivity contribution in [3.8, 4) is 0 Å². The molecule has 0 aromatic carbocycles. The fraction of sp³-hybridized carbons (Fsp3) is 0.500. The molecule has 1 atom stereocenters. The Balaban J connectivity index is 1.96. The van der Waals surface area contributed by atoms with Crippen molar-refractivity contribution >= 4 is 34.9 Å². The van der Waals surface area contributed by atoms with E-state index >= 15 is 0 Å². The van der Waals surface area contributed by atoms with E-state index in [2.05, 4.69) is 10.3 Å². The number of nitro groups is 1. The summed E-state index contributed by atoms with van der Waals surface area (Å²) >= 11 is 3.87. The van der Waals surface area contributed by atoms with E-state index in [-0.39, 0.29) is 5.69 Å². The van der Waals surface area contributed by atoms with E-state index in [0.29, 0.717) is 10.9 Å². The molecule has 0 amide bonds. The highest BCUT2D eigenvalue weighted by Crippen LogP contribution is 2.26. The third kappa shape index (κ3) is 3.50. The first-order valence-corrected chi connectivity index (χ1v) is 7.49. The summed E-state index contributed by atoms with van der Waals surface area (Å²) in [5, 5.41) is 14.5. The molecule has 5 nitrogen and oxygen atoms in total. The summed E-state index contributed by atoms with van der Waals surface area (Å²) in [5.41, 5.74) is 0.599. The van der Waals surface area contributed by atoms with Gasteiger partial charge in [-0.15, -0.1) is 0 Å². The lowest BCUT2D eigenvalue weighted by Gasteiger charge is -2.21. The van der Waals surface area contributed by atoms with Crippen LogP contribution >= 0.6 is 23.5 Å². The maximum Gasteiger partial charge on any atom is 0.310 e. The number of nitrogens with zero attached hydrogens (tertiary/aromatic N) is 2. The van der Waals surface area contributed by atoms with E-state index in [1.165, 1.54) is 11.9 Å². The first kappa shape index (κ1) is 12.5. The quantitative estimate of drug-likeness (QED) is 0.669. The van der Waals surface area contributed by atoms with Crippen LogP contribution in [0.4, 0.5) is 11.4 Å². The first-order chi connectivity index (χ1) is 8.27. The fourth-order valence-corrected chi connectivity index (χ4v) is 4.17. The third-order valence-electron chi connectivity index (χ3n) is 2.40.